The molecule has 0 bridgehead atoms. The van der Waals surface area contributed by atoms with Crippen molar-refractivity contribution < 1.29 is 46.7 Å². The fourth-order valence-electron chi connectivity index (χ4n) is 9.06. The summed E-state index contributed by atoms with van der Waals surface area (Å²) in [6, 6.07) is 27.8. The van der Waals surface area contributed by atoms with E-state index in [-0.39, 0.29) is 19.4 Å². The van der Waals surface area contributed by atoms with E-state index in [9.17, 15) is 37.2 Å². The molecule has 2 saturated carbocycles. The number of fused-ring (bicyclic) bond motifs is 6. The molecule has 0 spiro atoms. The predicted octanol–water partition coefficient (Wildman–Crippen LogP) is 8.36. The molecule has 2 aliphatic carbocycles. The molecule has 9 rings (SSSR count). The van der Waals surface area contributed by atoms with Crippen LogP contribution in [0.5, 0.6) is 0 Å². The maximum Gasteiger partial charge on any atom is 0.419 e. The second-order valence-electron chi connectivity index (χ2n) is 19.9. The largest absolute Gasteiger partial charge is 0.444 e. The van der Waals surface area contributed by atoms with Gasteiger partial charge in [0.15, 0.2) is 0 Å². The Hall–Kier alpha value is -6.72. The minimum Gasteiger partial charge on any atom is -0.444 e. The number of benzene rings is 4. The van der Waals surface area contributed by atoms with Crippen LogP contribution in [0.1, 0.15) is 67.2 Å². The number of alkyl carbamates (subject to hydrolysis) is 1. The first-order chi connectivity index (χ1) is 32.5. The van der Waals surface area contributed by atoms with Gasteiger partial charge >= 0.3 is 17.6 Å². The third kappa shape index (κ3) is 9.79. The van der Waals surface area contributed by atoms with Gasteiger partial charge < -0.3 is 25.0 Å². The lowest BCUT2D eigenvalue weighted by atomic mass is 9.85. The van der Waals surface area contributed by atoms with Gasteiger partial charge in [0.05, 0.1) is 33.9 Å². The number of aromatic nitrogens is 2. The van der Waals surface area contributed by atoms with Gasteiger partial charge in [0.1, 0.15) is 29.3 Å². The molecule has 18 heteroatoms. The number of amides is 4. The molecule has 3 aliphatic rings. The number of rotatable bonds is 9. The van der Waals surface area contributed by atoms with E-state index in [0.717, 1.165) is 32.6 Å². The van der Waals surface area contributed by atoms with Crippen LogP contribution < -0.4 is 15.4 Å². The fourth-order valence-corrected chi connectivity index (χ4v) is 10.6. The summed E-state index contributed by atoms with van der Waals surface area (Å²) < 4.78 is 42.0. The van der Waals surface area contributed by atoms with Gasteiger partial charge in [-0.3, -0.25) is 28.5 Å². The molecule has 4 aromatic carbocycles. The molecule has 69 heavy (non-hydrogen) atoms. The number of sulfonamides is 1. The Morgan fingerprint density at radius 1 is 0.768 bits per heavy atom. The molecule has 5 atom stereocenters. The Bertz CT molecular complexity index is 3080. The lowest BCUT2D eigenvalue weighted by Crippen LogP contribution is -2.60. The molecular formula is C51H55ClN6O10S. The molecule has 3 N–H and O–H groups in total. The Labute approximate surface area is 404 Å². The maximum atomic E-state index is 14.5. The van der Waals surface area contributed by atoms with Crippen molar-refractivity contribution >= 4 is 101 Å². The first-order valence-corrected chi connectivity index (χ1v) is 24.6. The number of carbonyl (C=O) groups excluding carboxylic acids is 6. The van der Waals surface area contributed by atoms with E-state index in [0.29, 0.717) is 23.9 Å². The standard InChI is InChI=1S/C38H47N5O9S.C13H8ClNO/c1-8-22-20-38(22,33(46)41-53(49,50)24-17-18-24)40-31(44)29-19-23(21-42(29)32(45)30(36(2,3)4)39-34(47)52-37(5,6)7)51-35(48)43-27-15-11-9-13-25(27)26-14-10-12-16-28(26)43;14-13(16)15-11-7-3-1-5-9(11)10-6-2-4-8-12(10)15/h8-16,22-24,29-30H,1,17-21H2,2-7H3,(H,39,47)(H,40,44)(H,41,46);1-8H/t22?,23-,29+,30-,38-;/m1./s1. The second kappa shape index (κ2) is 18.3. The zero-order valence-corrected chi connectivity index (χ0v) is 40.7. The van der Waals surface area contributed by atoms with Crippen molar-refractivity contribution in [2.75, 3.05) is 6.54 Å². The molecule has 3 fully saturated rings. The number of likely N-dealkylation sites (tertiary alicyclic amines) is 1. The number of halogens is 1. The van der Waals surface area contributed by atoms with Gasteiger partial charge in [0.2, 0.25) is 21.8 Å². The monoisotopic (exact) mass is 978 g/mol. The highest BCUT2D eigenvalue weighted by atomic mass is 35.5. The topological polar surface area (TPSA) is 204 Å². The van der Waals surface area contributed by atoms with E-state index in [4.69, 9.17) is 21.1 Å². The van der Waals surface area contributed by atoms with Crippen LogP contribution in [-0.4, -0.2) is 98.8 Å². The first-order valence-electron chi connectivity index (χ1n) is 22.7. The van der Waals surface area contributed by atoms with Crippen molar-refractivity contribution in [2.24, 2.45) is 11.3 Å². The van der Waals surface area contributed by atoms with Crippen LogP contribution in [0.25, 0.3) is 43.6 Å². The summed E-state index contributed by atoms with van der Waals surface area (Å²) in [7, 11) is -3.93. The van der Waals surface area contributed by atoms with E-state index in [1.54, 1.807) is 53.7 Å². The number of carbonyl (C=O) groups is 6. The van der Waals surface area contributed by atoms with Crippen molar-refractivity contribution in [2.45, 2.75) is 102 Å². The number of ether oxygens (including phenoxy) is 2. The zero-order chi connectivity index (χ0) is 49.8. The van der Waals surface area contributed by atoms with Crippen LogP contribution in [0.15, 0.2) is 110 Å². The Morgan fingerprint density at radius 3 is 1.67 bits per heavy atom. The number of para-hydroxylation sites is 4. The summed E-state index contributed by atoms with van der Waals surface area (Å²) in [6.07, 6.45) is -0.210. The molecule has 6 aromatic rings. The van der Waals surface area contributed by atoms with E-state index in [1.807, 2.05) is 84.9 Å². The van der Waals surface area contributed by atoms with Gasteiger partial charge in [-0.1, -0.05) is 99.6 Å². The van der Waals surface area contributed by atoms with E-state index in [1.165, 1.54) is 20.1 Å². The van der Waals surface area contributed by atoms with Crippen LogP contribution in [-0.2, 0) is 33.9 Å². The van der Waals surface area contributed by atoms with E-state index in [2.05, 4.69) is 21.9 Å². The Morgan fingerprint density at radius 2 is 1.25 bits per heavy atom. The Kier molecular flexibility index (Phi) is 12.9. The van der Waals surface area contributed by atoms with Gasteiger partial charge in [-0.15, -0.1) is 6.58 Å². The summed E-state index contributed by atoms with van der Waals surface area (Å²) >= 11 is 5.63. The van der Waals surface area contributed by atoms with Gasteiger partial charge in [-0.05, 0) is 81.3 Å². The number of hydrogen-bond acceptors (Lipinski definition) is 10. The summed E-state index contributed by atoms with van der Waals surface area (Å²) in [6.45, 7) is 13.8. The third-order valence-corrected chi connectivity index (χ3v) is 14.6. The summed E-state index contributed by atoms with van der Waals surface area (Å²) in [4.78, 5) is 81.8. The van der Waals surface area contributed by atoms with Crippen molar-refractivity contribution in [1.29, 1.82) is 0 Å². The average Bonchev–Trinajstić information content (AvgIpc) is 4.16. The summed E-state index contributed by atoms with van der Waals surface area (Å²) in [5, 5.41) is 8.04. The van der Waals surface area contributed by atoms with Gasteiger partial charge in [-0.25, -0.2) is 22.6 Å². The quantitative estimate of drug-likeness (QED) is 0.0933. The zero-order valence-electron chi connectivity index (χ0n) is 39.2. The number of nitrogens with one attached hydrogen (secondary N) is 3. The summed E-state index contributed by atoms with van der Waals surface area (Å²) in [5.74, 6) is -2.83. The van der Waals surface area contributed by atoms with E-state index < -0.39 is 91.2 Å². The number of hydrogen-bond donors (Lipinski definition) is 3. The van der Waals surface area contributed by atoms with Gasteiger partial charge in [-0.2, -0.15) is 0 Å². The Balaban J connectivity index is 0.000000335. The minimum atomic E-state index is -3.93. The average molecular weight is 980 g/mol. The molecule has 3 heterocycles. The maximum absolute atomic E-state index is 14.5. The molecule has 1 aliphatic heterocycles. The highest BCUT2D eigenvalue weighted by Gasteiger charge is 2.62. The summed E-state index contributed by atoms with van der Waals surface area (Å²) in [5.41, 5.74) is -0.391. The molecule has 4 amide bonds. The van der Waals surface area contributed by atoms with Crippen LogP contribution in [0, 0.1) is 11.3 Å². The van der Waals surface area contributed by atoms with Crippen LogP contribution in [0.2, 0.25) is 0 Å². The van der Waals surface area contributed by atoms with Crippen LogP contribution >= 0.6 is 11.6 Å². The molecular weight excluding hydrogens is 924 g/mol. The first kappa shape index (κ1) is 48.7. The van der Waals surface area contributed by atoms with Crippen LogP contribution in [0.4, 0.5) is 14.4 Å². The SMILES string of the molecule is C=CC1C[C@]1(NC(=O)[C@@H]1C[C@@H](OC(=O)n2c3ccccc3c3ccccc32)CN1C(=O)[C@@H](NC(=O)OC(C)(C)C)C(C)(C)C)C(=O)NS(=O)(=O)C1CC1.O=C(Cl)n1c2ccccc2c2ccccc21. The normalized spacial score (nSPS) is 20.7. The van der Waals surface area contributed by atoms with Crippen molar-refractivity contribution in [1.82, 2.24) is 29.4 Å². The molecule has 362 valence electrons. The molecule has 0 radical (unpaired) electrons. The highest BCUT2D eigenvalue weighted by Crippen LogP contribution is 2.46. The molecule has 2 aromatic heterocycles. The van der Waals surface area contributed by atoms with Gasteiger partial charge in [0.25, 0.3) is 5.91 Å². The lowest BCUT2D eigenvalue weighted by Gasteiger charge is -2.36. The van der Waals surface area contributed by atoms with Gasteiger partial charge in [0, 0.05) is 33.9 Å². The fraction of sp³-hybridized carbons (Fsp3) is 0.373. The number of nitrogens with zero attached hydrogens (tertiary/aromatic N) is 3. The van der Waals surface area contributed by atoms with E-state index >= 15 is 0 Å². The van der Waals surface area contributed by atoms with Crippen molar-refractivity contribution in [3.05, 3.63) is 110 Å². The third-order valence-electron chi connectivity index (χ3n) is 12.7. The highest BCUT2D eigenvalue weighted by molar-refractivity contribution is 7.91. The lowest BCUT2D eigenvalue weighted by molar-refractivity contribution is -0.143. The van der Waals surface area contributed by atoms with Crippen molar-refractivity contribution in [3.63, 3.8) is 0 Å². The van der Waals surface area contributed by atoms with Crippen molar-refractivity contribution in [3.8, 4) is 0 Å². The second-order valence-corrected chi connectivity index (χ2v) is 22.2. The predicted molar refractivity (Wildman–Crippen MR) is 263 cm³/mol. The minimum absolute atomic E-state index is 0.103. The smallest absolute Gasteiger partial charge is 0.419 e. The molecule has 1 unspecified atom stereocenters. The van der Waals surface area contributed by atoms with Crippen LogP contribution in [0.3, 0.4) is 0 Å². The molecule has 16 nitrogen and oxygen atoms in total. The molecule has 1 saturated heterocycles.